The lowest BCUT2D eigenvalue weighted by atomic mass is 10.1. The van der Waals surface area contributed by atoms with Crippen LogP contribution in [0.3, 0.4) is 0 Å². The monoisotopic (exact) mass is 423 g/mol. The maximum absolute atomic E-state index is 12.3. The molecule has 7 heteroatoms. The molecule has 1 rings (SSSR count). The predicted molar refractivity (Wildman–Crippen MR) is 116 cm³/mol. The molecule has 1 aromatic carbocycles. The Labute approximate surface area is 180 Å². The van der Waals surface area contributed by atoms with Crippen LogP contribution in [0.15, 0.2) is 24.3 Å². The van der Waals surface area contributed by atoms with E-state index in [9.17, 15) is 14.7 Å². The predicted octanol–water partition coefficient (Wildman–Crippen LogP) is 4.24. The number of carbonyl (C=O) groups is 2. The summed E-state index contributed by atoms with van der Waals surface area (Å²) in [6.07, 6.45) is 0.0385. The highest BCUT2D eigenvalue weighted by atomic mass is 16.6. The second-order valence-electron chi connectivity index (χ2n) is 8.12. The van der Waals surface area contributed by atoms with Crippen molar-refractivity contribution in [3.8, 4) is 5.75 Å². The fraction of sp³-hybridized carbons (Fsp3) is 0.652. The van der Waals surface area contributed by atoms with Gasteiger partial charge < -0.3 is 24.2 Å². The fourth-order valence-electron chi connectivity index (χ4n) is 2.67. The van der Waals surface area contributed by atoms with Crippen molar-refractivity contribution in [1.82, 2.24) is 4.90 Å². The fourth-order valence-corrected chi connectivity index (χ4v) is 2.67. The molecular formula is C23H37NO6. The molecule has 0 aliphatic carbocycles. The average Bonchev–Trinajstić information content (AvgIpc) is 2.69. The first-order chi connectivity index (χ1) is 14.2. The third kappa shape index (κ3) is 10.5. The molecule has 0 fully saturated rings. The number of carboxylic acid groups (broad SMARTS) is 1. The Morgan fingerprint density at radius 2 is 1.70 bits per heavy atom. The van der Waals surface area contributed by atoms with Crippen LogP contribution in [-0.4, -0.2) is 61.1 Å². The number of carbonyl (C=O) groups excluding carboxylic acids is 1. The third-order valence-corrected chi connectivity index (χ3v) is 4.39. The molecule has 0 radical (unpaired) electrons. The number of nitrogens with zero attached hydrogens (tertiary/aromatic N) is 1. The molecule has 0 aliphatic heterocycles. The molecule has 1 unspecified atom stereocenters. The minimum atomic E-state index is -0.969. The Kier molecular flexibility index (Phi) is 11.9. The van der Waals surface area contributed by atoms with Gasteiger partial charge in [0, 0.05) is 19.6 Å². The normalized spacial score (nSPS) is 12.1. The van der Waals surface area contributed by atoms with Gasteiger partial charge in [-0.05, 0) is 42.9 Å². The number of hydrogen-bond acceptors (Lipinski definition) is 5. The quantitative estimate of drug-likeness (QED) is 0.482. The summed E-state index contributed by atoms with van der Waals surface area (Å²) in [4.78, 5) is 25.2. The van der Waals surface area contributed by atoms with Crippen molar-refractivity contribution in [2.45, 2.75) is 53.6 Å². The summed E-state index contributed by atoms with van der Waals surface area (Å²) in [5, 5.41) is 9.19. The van der Waals surface area contributed by atoms with Gasteiger partial charge in [0.2, 0.25) is 0 Å². The van der Waals surface area contributed by atoms with Crippen LogP contribution in [0.1, 0.15) is 46.6 Å². The largest absolute Gasteiger partial charge is 0.492 e. The lowest BCUT2D eigenvalue weighted by Crippen LogP contribution is -2.37. The van der Waals surface area contributed by atoms with Crippen LogP contribution < -0.4 is 4.74 Å². The van der Waals surface area contributed by atoms with Gasteiger partial charge in [-0.25, -0.2) is 9.59 Å². The number of carboxylic acids is 1. The summed E-state index contributed by atoms with van der Waals surface area (Å²) >= 11 is 0. The summed E-state index contributed by atoms with van der Waals surface area (Å²) in [5.74, 6) is 0.480. The van der Waals surface area contributed by atoms with E-state index in [0.717, 1.165) is 12.0 Å². The first-order valence-corrected chi connectivity index (χ1v) is 10.7. The van der Waals surface area contributed by atoms with E-state index in [-0.39, 0.29) is 6.09 Å². The third-order valence-electron chi connectivity index (χ3n) is 4.39. The molecule has 0 aromatic heterocycles. The smallest absolute Gasteiger partial charge is 0.409 e. The van der Waals surface area contributed by atoms with Crippen LogP contribution >= 0.6 is 0 Å². The number of rotatable bonds is 14. The highest BCUT2D eigenvalue weighted by molar-refractivity contribution is 5.72. The summed E-state index contributed by atoms with van der Waals surface area (Å²) in [7, 11) is 0. The van der Waals surface area contributed by atoms with Gasteiger partial charge in [0.15, 0.2) is 6.10 Å². The van der Waals surface area contributed by atoms with Crippen molar-refractivity contribution in [3.63, 3.8) is 0 Å². The van der Waals surface area contributed by atoms with E-state index >= 15 is 0 Å². The minimum absolute atomic E-state index is 0.291. The van der Waals surface area contributed by atoms with Crippen LogP contribution in [-0.2, 0) is 20.7 Å². The molecule has 1 aromatic rings. The van der Waals surface area contributed by atoms with Crippen LogP contribution in [0.5, 0.6) is 5.75 Å². The molecule has 1 amide bonds. The molecule has 0 saturated heterocycles. The standard InChI is InChI=1S/C23H37NO6/c1-6-28-21(22(25)26)15-19-7-9-20(10-8-19)29-14-13-24(12-11-17(2)3)23(27)30-16-18(4)5/h7-10,17-18,21H,6,11-16H2,1-5H3,(H,25,26). The van der Waals surface area contributed by atoms with Crippen molar-refractivity contribution in [2.75, 3.05) is 32.9 Å². The molecule has 0 heterocycles. The SMILES string of the molecule is CCOC(Cc1ccc(OCCN(CCC(C)C)C(=O)OCC(C)C)cc1)C(=O)O. The Morgan fingerprint density at radius 1 is 1.03 bits per heavy atom. The number of hydrogen-bond donors (Lipinski definition) is 1. The first kappa shape index (κ1) is 25.8. The Bertz CT molecular complexity index is 629. The van der Waals surface area contributed by atoms with Crippen molar-refractivity contribution in [2.24, 2.45) is 11.8 Å². The minimum Gasteiger partial charge on any atom is -0.492 e. The van der Waals surface area contributed by atoms with Crippen LogP contribution in [0, 0.1) is 11.8 Å². The lowest BCUT2D eigenvalue weighted by Gasteiger charge is -2.23. The lowest BCUT2D eigenvalue weighted by molar-refractivity contribution is -0.149. The number of amides is 1. The van der Waals surface area contributed by atoms with E-state index in [0.29, 0.717) is 56.9 Å². The Balaban J connectivity index is 2.56. The average molecular weight is 424 g/mol. The molecule has 0 saturated carbocycles. The van der Waals surface area contributed by atoms with Gasteiger partial charge in [-0.15, -0.1) is 0 Å². The van der Waals surface area contributed by atoms with E-state index in [1.54, 1.807) is 24.0 Å². The summed E-state index contributed by atoms with van der Waals surface area (Å²) in [5.41, 5.74) is 0.860. The number of ether oxygens (including phenoxy) is 3. The van der Waals surface area contributed by atoms with E-state index in [1.165, 1.54) is 0 Å². The maximum Gasteiger partial charge on any atom is 0.409 e. The molecule has 30 heavy (non-hydrogen) atoms. The molecule has 1 N–H and O–H groups in total. The van der Waals surface area contributed by atoms with Crippen molar-refractivity contribution in [1.29, 1.82) is 0 Å². The van der Waals surface area contributed by atoms with E-state index in [1.807, 2.05) is 26.0 Å². The zero-order valence-corrected chi connectivity index (χ0v) is 18.9. The molecule has 7 nitrogen and oxygen atoms in total. The van der Waals surface area contributed by atoms with Gasteiger partial charge in [0.25, 0.3) is 0 Å². The highest BCUT2D eigenvalue weighted by Gasteiger charge is 2.18. The van der Waals surface area contributed by atoms with Crippen LogP contribution in [0.25, 0.3) is 0 Å². The first-order valence-electron chi connectivity index (χ1n) is 10.7. The molecule has 0 bridgehead atoms. The van der Waals surface area contributed by atoms with Gasteiger partial charge in [0.1, 0.15) is 12.4 Å². The van der Waals surface area contributed by atoms with Gasteiger partial charge in [-0.3, -0.25) is 0 Å². The van der Waals surface area contributed by atoms with E-state index in [2.05, 4.69) is 13.8 Å². The van der Waals surface area contributed by atoms with Gasteiger partial charge in [-0.1, -0.05) is 39.8 Å². The van der Waals surface area contributed by atoms with Crippen LogP contribution in [0.4, 0.5) is 4.79 Å². The number of aliphatic carboxylic acids is 1. The number of benzene rings is 1. The summed E-state index contributed by atoms with van der Waals surface area (Å²) in [6.45, 7) is 12.2. The van der Waals surface area contributed by atoms with Crippen molar-refractivity contribution < 1.29 is 28.9 Å². The van der Waals surface area contributed by atoms with E-state index < -0.39 is 12.1 Å². The Morgan fingerprint density at radius 3 is 2.23 bits per heavy atom. The molecular weight excluding hydrogens is 386 g/mol. The Hall–Kier alpha value is -2.28. The van der Waals surface area contributed by atoms with Crippen LogP contribution in [0.2, 0.25) is 0 Å². The molecule has 0 spiro atoms. The zero-order valence-electron chi connectivity index (χ0n) is 18.9. The van der Waals surface area contributed by atoms with Gasteiger partial charge in [0.05, 0.1) is 13.2 Å². The molecule has 0 aliphatic rings. The highest BCUT2D eigenvalue weighted by Crippen LogP contribution is 2.15. The van der Waals surface area contributed by atoms with Crippen molar-refractivity contribution >= 4 is 12.1 Å². The second-order valence-corrected chi connectivity index (χ2v) is 8.12. The molecule has 1 atom stereocenters. The van der Waals surface area contributed by atoms with Gasteiger partial charge in [-0.2, -0.15) is 0 Å². The van der Waals surface area contributed by atoms with Gasteiger partial charge >= 0.3 is 12.1 Å². The van der Waals surface area contributed by atoms with Crippen molar-refractivity contribution in [3.05, 3.63) is 29.8 Å². The summed E-state index contributed by atoms with van der Waals surface area (Å²) in [6, 6.07) is 7.26. The molecule has 170 valence electrons. The summed E-state index contributed by atoms with van der Waals surface area (Å²) < 4.78 is 16.4. The topological polar surface area (TPSA) is 85.3 Å². The zero-order chi connectivity index (χ0) is 22.5. The maximum atomic E-state index is 12.3. The van der Waals surface area contributed by atoms with E-state index in [4.69, 9.17) is 14.2 Å². The second kappa shape index (κ2) is 13.9.